The fourth-order valence-electron chi connectivity index (χ4n) is 3.00. The summed E-state index contributed by atoms with van der Waals surface area (Å²) < 4.78 is 7.29. The number of benzene rings is 1. The number of carbonyl (C=O) groups is 2. The van der Waals surface area contributed by atoms with Crippen molar-refractivity contribution < 1.29 is 19.4 Å². The van der Waals surface area contributed by atoms with Crippen LogP contribution in [-0.2, 0) is 22.7 Å². The van der Waals surface area contributed by atoms with E-state index in [1.165, 1.54) is 4.90 Å². The highest BCUT2D eigenvalue weighted by Gasteiger charge is 2.36. The average Bonchev–Trinajstić information content (AvgIpc) is 2.96. The highest BCUT2D eigenvalue weighted by atomic mass is 35.5. The third-order valence-electron chi connectivity index (χ3n) is 4.43. The van der Waals surface area contributed by atoms with E-state index in [9.17, 15) is 14.7 Å². The maximum Gasteiger partial charge on any atom is 0.328 e. The third-order valence-corrected chi connectivity index (χ3v) is 5.03. The van der Waals surface area contributed by atoms with Crippen LogP contribution in [0.25, 0.3) is 0 Å². The van der Waals surface area contributed by atoms with Crippen molar-refractivity contribution in [2.75, 3.05) is 6.61 Å². The third kappa shape index (κ3) is 3.37. The van der Waals surface area contributed by atoms with Crippen LogP contribution in [-0.4, -0.2) is 49.3 Å². The number of carboxylic acid groups (broad SMARTS) is 1. The van der Waals surface area contributed by atoms with Crippen molar-refractivity contribution in [3.63, 3.8) is 0 Å². The summed E-state index contributed by atoms with van der Waals surface area (Å²) in [6, 6.07) is 2.50. The summed E-state index contributed by atoms with van der Waals surface area (Å²) in [6.45, 7) is 5.39. The number of carbonyl (C=O) groups excluding carboxylic acids is 1. The standard InChI is InChI=1S/C17H19ClN4O4/c1-9-4-12(5-10(2)16(9)18)26-8-15(23)22-7-14-20-19-11(3)21(14)6-13(22)17(24)25/h4-5,13H,6-8H2,1-3H3,(H,24,25). The van der Waals surface area contributed by atoms with E-state index in [0.717, 1.165) is 11.1 Å². The molecule has 1 amide bonds. The molecule has 0 spiro atoms. The van der Waals surface area contributed by atoms with Gasteiger partial charge in [-0.1, -0.05) is 11.6 Å². The van der Waals surface area contributed by atoms with Crippen molar-refractivity contribution in [2.45, 2.75) is 39.9 Å². The van der Waals surface area contributed by atoms with Gasteiger partial charge in [0.15, 0.2) is 12.4 Å². The van der Waals surface area contributed by atoms with Crippen molar-refractivity contribution >= 4 is 23.5 Å². The first kappa shape index (κ1) is 18.2. The number of ether oxygens (including phenoxy) is 1. The van der Waals surface area contributed by atoms with Crippen LogP contribution < -0.4 is 4.74 Å². The lowest BCUT2D eigenvalue weighted by molar-refractivity contribution is -0.153. The number of fused-ring (bicyclic) bond motifs is 1. The summed E-state index contributed by atoms with van der Waals surface area (Å²) in [5.41, 5.74) is 1.69. The summed E-state index contributed by atoms with van der Waals surface area (Å²) in [6.07, 6.45) is 0. The normalized spacial score (nSPS) is 16.3. The molecule has 2 heterocycles. The molecule has 1 aliphatic heterocycles. The fraction of sp³-hybridized carbons (Fsp3) is 0.412. The van der Waals surface area contributed by atoms with Gasteiger partial charge in [0.25, 0.3) is 5.91 Å². The molecule has 1 N–H and O–H groups in total. The lowest BCUT2D eigenvalue weighted by Crippen LogP contribution is -2.52. The second-order valence-corrected chi connectivity index (χ2v) is 6.69. The Morgan fingerprint density at radius 1 is 1.27 bits per heavy atom. The lowest BCUT2D eigenvalue weighted by Gasteiger charge is -2.33. The number of carboxylic acids is 1. The number of aliphatic carboxylic acids is 1. The van der Waals surface area contributed by atoms with Crippen molar-refractivity contribution in [3.8, 4) is 5.75 Å². The van der Waals surface area contributed by atoms with Crippen LogP contribution in [0.1, 0.15) is 22.8 Å². The summed E-state index contributed by atoms with van der Waals surface area (Å²) >= 11 is 6.13. The van der Waals surface area contributed by atoms with E-state index in [0.29, 0.717) is 22.4 Å². The molecular formula is C17H19ClN4O4. The molecule has 1 aliphatic rings. The second-order valence-electron chi connectivity index (χ2n) is 6.31. The van der Waals surface area contributed by atoms with Gasteiger partial charge in [0, 0.05) is 5.02 Å². The minimum atomic E-state index is -1.07. The Morgan fingerprint density at radius 3 is 2.54 bits per heavy atom. The summed E-state index contributed by atoms with van der Waals surface area (Å²) in [7, 11) is 0. The largest absolute Gasteiger partial charge is 0.484 e. The molecule has 8 nitrogen and oxygen atoms in total. The summed E-state index contributed by atoms with van der Waals surface area (Å²) in [5.74, 6) is 0.207. The molecular weight excluding hydrogens is 360 g/mol. The van der Waals surface area contributed by atoms with Crippen LogP contribution in [0.15, 0.2) is 12.1 Å². The smallest absolute Gasteiger partial charge is 0.328 e. The predicted molar refractivity (Wildman–Crippen MR) is 93.2 cm³/mol. The van der Waals surface area contributed by atoms with E-state index in [1.54, 1.807) is 23.6 Å². The maximum absolute atomic E-state index is 12.6. The number of amides is 1. The lowest BCUT2D eigenvalue weighted by atomic mass is 10.1. The van der Waals surface area contributed by atoms with Crippen molar-refractivity contribution in [1.82, 2.24) is 19.7 Å². The second kappa shape index (κ2) is 6.95. The van der Waals surface area contributed by atoms with Crippen molar-refractivity contribution in [2.24, 2.45) is 0 Å². The van der Waals surface area contributed by atoms with Crippen molar-refractivity contribution in [3.05, 3.63) is 39.9 Å². The molecule has 0 saturated carbocycles. The van der Waals surface area contributed by atoms with Crippen LogP contribution in [0.4, 0.5) is 0 Å². The van der Waals surface area contributed by atoms with Gasteiger partial charge in [-0.2, -0.15) is 0 Å². The van der Waals surface area contributed by atoms with Gasteiger partial charge < -0.3 is 19.3 Å². The first-order chi connectivity index (χ1) is 12.3. The number of rotatable bonds is 4. The summed E-state index contributed by atoms with van der Waals surface area (Å²) in [5, 5.41) is 18.1. The number of aryl methyl sites for hydroxylation is 3. The Kier molecular flexibility index (Phi) is 4.86. The minimum Gasteiger partial charge on any atom is -0.484 e. The van der Waals surface area contributed by atoms with E-state index >= 15 is 0 Å². The molecule has 0 radical (unpaired) electrons. The Labute approximate surface area is 155 Å². The van der Waals surface area contributed by atoms with Gasteiger partial charge in [0.2, 0.25) is 0 Å². The topological polar surface area (TPSA) is 97.5 Å². The van der Waals surface area contributed by atoms with E-state index < -0.39 is 17.9 Å². The highest BCUT2D eigenvalue weighted by Crippen LogP contribution is 2.26. The van der Waals surface area contributed by atoms with E-state index in [2.05, 4.69) is 10.2 Å². The Balaban J connectivity index is 1.75. The molecule has 1 atom stereocenters. The number of hydrogen-bond donors (Lipinski definition) is 1. The zero-order chi connectivity index (χ0) is 19.0. The molecule has 0 fully saturated rings. The van der Waals surface area contributed by atoms with Gasteiger partial charge in [0.05, 0.1) is 13.1 Å². The van der Waals surface area contributed by atoms with Crippen LogP contribution in [0, 0.1) is 20.8 Å². The number of hydrogen-bond acceptors (Lipinski definition) is 5. The van der Waals surface area contributed by atoms with Gasteiger partial charge in [-0.3, -0.25) is 4.79 Å². The van der Waals surface area contributed by atoms with Crippen LogP contribution in [0.2, 0.25) is 5.02 Å². The van der Waals surface area contributed by atoms with Gasteiger partial charge in [-0.15, -0.1) is 10.2 Å². The first-order valence-electron chi connectivity index (χ1n) is 8.08. The van der Waals surface area contributed by atoms with Gasteiger partial charge in [0.1, 0.15) is 17.6 Å². The Morgan fingerprint density at radius 2 is 1.92 bits per heavy atom. The molecule has 0 saturated heterocycles. The van der Waals surface area contributed by atoms with Crippen LogP contribution in [0.5, 0.6) is 5.75 Å². The summed E-state index contributed by atoms with van der Waals surface area (Å²) in [4.78, 5) is 25.5. The minimum absolute atomic E-state index is 0.0820. The van der Waals surface area contributed by atoms with Crippen molar-refractivity contribution in [1.29, 1.82) is 0 Å². The van der Waals surface area contributed by atoms with Crippen LogP contribution >= 0.6 is 11.6 Å². The zero-order valence-corrected chi connectivity index (χ0v) is 15.4. The quantitative estimate of drug-likeness (QED) is 0.870. The van der Waals surface area contributed by atoms with Crippen LogP contribution in [0.3, 0.4) is 0 Å². The van der Waals surface area contributed by atoms with Gasteiger partial charge in [-0.25, -0.2) is 4.79 Å². The Hall–Kier alpha value is -2.61. The molecule has 9 heteroatoms. The highest BCUT2D eigenvalue weighted by molar-refractivity contribution is 6.32. The maximum atomic E-state index is 12.6. The van der Waals surface area contributed by atoms with E-state index in [-0.39, 0.29) is 19.7 Å². The molecule has 26 heavy (non-hydrogen) atoms. The monoisotopic (exact) mass is 378 g/mol. The van der Waals surface area contributed by atoms with E-state index in [4.69, 9.17) is 16.3 Å². The van der Waals surface area contributed by atoms with Gasteiger partial charge in [-0.05, 0) is 44.0 Å². The Bertz CT molecular complexity index is 857. The molecule has 3 rings (SSSR count). The molecule has 1 aromatic heterocycles. The predicted octanol–water partition coefficient (Wildman–Crippen LogP) is 1.73. The molecule has 0 bridgehead atoms. The average molecular weight is 379 g/mol. The number of halogens is 1. The SMILES string of the molecule is Cc1cc(OCC(=O)N2Cc3nnc(C)n3CC2C(=O)O)cc(C)c1Cl. The fourth-order valence-corrected chi connectivity index (χ4v) is 3.11. The van der Waals surface area contributed by atoms with E-state index in [1.807, 2.05) is 13.8 Å². The molecule has 138 valence electrons. The number of aromatic nitrogens is 3. The van der Waals surface area contributed by atoms with Gasteiger partial charge >= 0.3 is 5.97 Å². The molecule has 0 aliphatic carbocycles. The molecule has 1 unspecified atom stereocenters. The zero-order valence-electron chi connectivity index (χ0n) is 14.7. The molecule has 1 aromatic carbocycles. The first-order valence-corrected chi connectivity index (χ1v) is 8.46. The number of nitrogens with zero attached hydrogens (tertiary/aromatic N) is 4. The molecule has 2 aromatic rings.